The Labute approximate surface area is 123 Å². The molecule has 21 heavy (non-hydrogen) atoms. The summed E-state index contributed by atoms with van der Waals surface area (Å²) in [5.74, 6) is -0.688. The number of carbonyl (C=O) groups is 2. The minimum absolute atomic E-state index is 0.00974. The number of carboxylic acid groups (broad SMARTS) is 1. The summed E-state index contributed by atoms with van der Waals surface area (Å²) in [5.41, 5.74) is -0.848. The lowest BCUT2D eigenvalue weighted by Gasteiger charge is -2.25. The molecule has 0 aromatic carbocycles. The zero-order valence-corrected chi connectivity index (χ0v) is 13.1. The monoisotopic (exact) mass is 297 g/mol. The van der Waals surface area contributed by atoms with Gasteiger partial charge in [0.1, 0.15) is 6.33 Å². The SMILES string of the molecule is CC(C)(CCC(=O)O)NC(=O)Nc1ncn(C(C)(C)C)n1. The molecule has 0 atom stereocenters. The van der Waals surface area contributed by atoms with Crippen molar-refractivity contribution in [2.24, 2.45) is 0 Å². The van der Waals surface area contributed by atoms with E-state index in [4.69, 9.17) is 5.11 Å². The molecule has 118 valence electrons. The second-order valence-electron chi connectivity index (χ2n) is 6.54. The molecule has 0 saturated carbocycles. The number of anilines is 1. The highest BCUT2D eigenvalue weighted by Gasteiger charge is 2.22. The van der Waals surface area contributed by atoms with Crippen molar-refractivity contribution in [3.05, 3.63) is 6.33 Å². The molecule has 0 saturated heterocycles. The van der Waals surface area contributed by atoms with Crippen LogP contribution < -0.4 is 10.6 Å². The molecule has 0 unspecified atom stereocenters. The van der Waals surface area contributed by atoms with E-state index in [2.05, 4.69) is 20.7 Å². The van der Waals surface area contributed by atoms with Crippen LogP contribution in [0.2, 0.25) is 0 Å². The van der Waals surface area contributed by atoms with Crippen molar-refractivity contribution in [2.75, 3.05) is 5.32 Å². The third-order valence-corrected chi connectivity index (χ3v) is 2.82. The minimum atomic E-state index is -0.893. The number of nitrogens with one attached hydrogen (secondary N) is 2. The average Bonchev–Trinajstić information content (AvgIpc) is 2.73. The number of nitrogens with zero attached hydrogens (tertiary/aromatic N) is 3. The molecule has 1 rings (SSSR count). The van der Waals surface area contributed by atoms with Crippen LogP contribution in [0.5, 0.6) is 0 Å². The number of urea groups is 1. The van der Waals surface area contributed by atoms with Crippen LogP contribution in [0.25, 0.3) is 0 Å². The Morgan fingerprint density at radius 2 is 1.90 bits per heavy atom. The maximum atomic E-state index is 11.9. The second kappa shape index (κ2) is 6.11. The minimum Gasteiger partial charge on any atom is -0.481 e. The number of amides is 2. The Kier molecular flexibility index (Phi) is 4.93. The lowest BCUT2D eigenvalue weighted by molar-refractivity contribution is -0.137. The molecule has 0 fully saturated rings. The molecule has 1 aromatic heterocycles. The van der Waals surface area contributed by atoms with Crippen LogP contribution in [0.15, 0.2) is 6.33 Å². The zero-order valence-electron chi connectivity index (χ0n) is 13.1. The first kappa shape index (κ1) is 16.9. The maximum absolute atomic E-state index is 11.9. The Morgan fingerprint density at radius 3 is 2.38 bits per heavy atom. The van der Waals surface area contributed by atoms with Gasteiger partial charge < -0.3 is 10.4 Å². The highest BCUT2D eigenvalue weighted by molar-refractivity contribution is 5.87. The van der Waals surface area contributed by atoms with Crippen LogP contribution in [0.3, 0.4) is 0 Å². The van der Waals surface area contributed by atoms with Gasteiger partial charge in [-0.05, 0) is 41.0 Å². The maximum Gasteiger partial charge on any atom is 0.322 e. The fraction of sp³-hybridized carbons (Fsp3) is 0.692. The predicted octanol–water partition coefficient (Wildman–Crippen LogP) is 1.80. The molecule has 1 heterocycles. The third kappa shape index (κ3) is 5.80. The van der Waals surface area contributed by atoms with E-state index in [1.807, 2.05) is 20.8 Å². The standard InChI is InChI=1S/C13H23N5O3/c1-12(2,3)18-8-14-10(17-18)15-11(21)16-13(4,5)7-6-9(19)20/h8H,6-7H2,1-5H3,(H,19,20)(H2,15,16,17,21). The lowest BCUT2D eigenvalue weighted by atomic mass is 9.99. The van der Waals surface area contributed by atoms with Crippen molar-refractivity contribution in [2.45, 2.75) is 58.5 Å². The van der Waals surface area contributed by atoms with Gasteiger partial charge in [-0.25, -0.2) is 14.5 Å². The first-order chi connectivity index (χ1) is 9.49. The third-order valence-electron chi connectivity index (χ3n) is 2.82. The molecule has 8 heteroatoms. The fourth-order valence-corrected chi connectivity index (χ4v) is 1.57. The van der Waals surface area contributed by atoms with E-state index in [-0.39, 0.29) is 17.9 Å². The Morgan fingerprint density at radius 1 is 1.29 bits per heavy atom. The Bertz CT molecular complexity index is 516. The van der Waals surface area contributed by atoms with Crippen molar-refractivity contribution in [3.8, 4) is 0 Å². The van der Waals surface area contributed by atoms with Gasteiger partial charge in [0.05, 0.1) is 5.54 Å². The molecule has 0 aliphatic heterocycles. The molecule has 1 aromatic rings. The Balaban J connectivity index is 2.57. The van der Waals surface area contributed by atoms with E-state index in [0.717, 1.165) is 0 Å². The van der Waals surface area contributed by atoms with E-state index in [1.54, 1.807) is 24.9 Å². The van der Waals surface area contributed by atoms with Crippen LogP contribution in [-0.4, -0.2) is 37.4 Å². The summed E-state index contributed by atoms with van der Waals surface area (Å²) >= 11 is 0. The number of carboxylic acids is 1. The van der Waals surface area contributed by atoms with E-state index >= 15 is 0 Å². The van der Waals surface area contributed by atoms with Crippen LogP contribution in [0.4, 0.5) is 10.7 Å². The van der Waals surface area contributed by atoms with Gasteiger partial charge in [-0.1, -0.05) is 0 Å². The van der Waals surface area contributed by atoms with Crippen molar-refractivity contribution in [1.29, 1.82) is 0 Å². The quantitative estimate of drug-likeness (QED) is 0.767. The summed E-state index contributed by atoms with van der Waals surface area (Å²) in [6, 6.07) is -0.461. The van der Waals surface area contributed by atoms with Gasteiger partial charge >= 0.3 is 12.0 Å². The zero-order chi connectivity index (χ0) is 16.3. The van der Waals surface area contributed by atoms with E-state index in [9.17, 15) is 9.59 Å². The number of hydrogen-bond donors (Lipinski definition) is 3. The summed E-state index contributed by atoms with van der Waals surface area (Å²) in [5, 5.41) is 18.1. The highest BCUT2D eigenvalue weighted by Crippen LogP contribution is 2.14. The summed E-state index contributed by atoms with van der Waals surface area (Å²) in [7, 11) is 0. The topological polar surface area (TPSA) is 109 Å². The van der Waals surface area contributed by atoms with Crippen molar-refractivity contribution in [3.63, 3.8) is 0 Å². The molecular weight excluding hydrogens is 274 g/mol. The first-order valence-electron chi connectivity index (χ1n) is 6.73. The molecule has 3 N–H and O–H groups in total. The molecule has 0 spiro atoms. The fourth-order valence-electron chi connectivity index (χ4n) is 1.57. The number of aromatic nitrogens is 3. The van der Waals surface area contributed by atoms with Crippen molar-refractivity contribution in [1.82, 2.24) is 20.1 Å². The Hall–Kier alpha value is -2.12. The normalized spacial score (nSPS) is 12.0. The number of hydrogen-bond acceptors (Lipinski definition) is 4. The van der Waals surface area contributed by atoms with Gasteiger partial charge in [0, 0.05) is 12.0 Å². The largest absolute Gasteiger partial charge is 0.481 e. The van der Waals surface area contributed by atoms with Gasteiger partial charge in [-0.15, -0.1) is 5.10 Å². The number of carbonyl (C=O) groups excluding carboxylic acids is 1. The van der Waals surface area contributed by atoms with E-state index < -0.39 is 17.5 Å². The van der Waals surface area contributed by atoms with Gasteiger partial charge in [0.15, 0.2) is 0 Å². The van der Waals surface area contributed by atoms with E-state index in [1.165, 1.54) is 0 Å². The van der Waals surface area contributed by atoms with Gasteiger partial charge in [-0.2, -0.15) is 0 Å². The molecular formula is C13H23N5O3. The highest BCUT2D eigenvalue weighted by atomic mass is 16.4. The number of aliphatic carboxylic acids is 1. The summed E-state index contributed by atoms with van der Waals surface area (Å²) < 4.78 is 1.65. The number of rotatable bonds is 5. The smallest absolute Gasteiger partial charge is 0.322 e. The van der Waals surface area contributed by atoms with Crippen LogP contribution in [-0.2, 0) is 10.3 Å². The molecule has 0 bridgehead atoms. The van der Waals surface area contributed by atoms with Crippen LogP contribution in [0.1, 0.15) is 47.5 Å². The average molecular weight is 297 g/mol. The van der Waals surface area contributed by atoms with Gasteiger partial charge in [0.25, 0.3) is 0 Å². The first-order valence-corrected chi connectivity index (χ1v) is 6.73. The molecule has 0 aliphatic rings. The van der Waals surface area contributed by atoms with Crippen molar-refractivity contribution >= 4 is 17.9 Å². The summed E-state index contributed by atoms with van der Waals surface area (Å²) in [4.78, 5) is 26.5. The van der Waals surface area contributed by atoms with Crippen LogP contribution in [0, 0.1) is 0 Å². The molecule has 8 nitrogen and oxygen atoms in total. The van der Waals surface area contributed by atoms with Gasteiger partial charge in [-0.3, -0.25) is 10.1 Å². The summed E-state index contributed by atoms with van der Waals surface area (Å²) in [6.45, 7) is 9.44. The molecule has 2 amide bonds. The van der Waals surface area contributed by atoms with Gasteiger partial charge in [0.2, 0.25) is 5.95 Å². The molecule has 0 radical (unpaired) electrons. The predicted molar refractivity (Wildman–Crippen MR) is 78.1 cm³/mol. The van der Waals surface area contributed by atoms with Crippen molar-refractivity contribution < 1.29 is 14.7 Å². The summed E-state index contributed by atoms with van der Waals surface area (Å²) in [6.07, 6.45) is 1.87. The lowest BCUT2D eigenvalue weighted by Crippen LogP contribution is -2.46. The second-order valence-corrected chi connectivity index (χ2v) is 6.54. The molecule has 0 aliphatic carbocycles. The van der Waals surface area contributed by atoms with E-state index in [0.29, 0.717) is 6.42 Å². The van der Waals surface area contributed by atoms with Crippen LogP contribution >= 0.6 is 0 Å².